The minimum Gasteiger partial charge on any atom is -0.398 e. The first-order valence-electron chi connectivity index (χ1n) is 8.47. The van der Waals surface area contributed by atoms with Gasteiger partial charge in [0, 0.05) is 30.9 Å². The molecule has 6 nitrogen and oxygen atoms in total. The van der Waals surface area contributed by atoms with Crippen molar-refractivity contribution < 1.29 is 14.0 Å². The van der Waals surface area contributed by atoms with Crippen molar-refractivity contribution >= 4 is 11.6 Å². The zero-order valence-electron chi connectivity index (χ0n) is 14.6. The monoisotopic (exact) mass is 366 g/mol. The van der Waals surface area contributed by atoms with E-state index in [4.69, 9.17) is 15.8 Å². The van der Waals surface area contributed by atoms with E-state index < -0.39 is 5.82 Å². The summed E-state index contributed by atoms with van der Waals surface area (Å²) >= 11 is 0. The standard InChI is InChI=1S/C20H19FN4O2/c21-18-6-5-14(11-15(18)12-22)13-27-24-16-7-9-25(10-8-16)20(26)17-3-1-2-4-19(17)23/h1-7,11,24H,8-10,13,23H2. The SMILES string of the molecule is N#Cc1cc(CONC2=CCN(C(=O)c3ccccc3N)CC2)ccc1F. The summed E-state index contributed by atoms with van der Waals surface area (Å²) in [6.45, 7) is 1.19. The van der Waals surface area contributed by atoms with Gasteiger partial charge in [-0.2, -0.15) is 5.26 Å². The molecule has 0 fully saturated rings. The van der Waals surface area contributed by atoms with Crippen LogP contribution >= 0.6 is 0 Å². The number of rotatable bonds is 5. The molecule has 2 aromatic carbocycles. The molecule has 138 valence electrons. The average molecular weight is 366 g/mol. The average Bonchev–Trinajstić information content (AvgIpc) is 2.69. The van der Waals surface area contributed by atoms with Gasteiger partial charge in [-0.15, -0.1) is 0 Å². The van der Waals surface area contributed by atoms with E-state index in [1.165, 1.54) is 12.1 Å². The Bertz CT molecular complexity index is 920. The van der Waals surface area contributed by atoms with Crippen molar-refractivity contribution in [3.8, 4) is 6.07 Å². The van der Waals surface area contributed by atoms with Crippen LogP contribution in [0.3, 0.4) is 0 Å². The molecule has 27 heavy (non-hydrogen) atoms. The van der Waals surface area contributed by atoms with E-state index >= 15 is 0 Å². The van der Waals surface area contributed by atoms with Gasteiger partial charge in [-0.1, -0.05) is 18.2 Å². The van der Waals surface area contributed by atoms with Gasteiger partial charge in [-0.3, -0.25) is 15.1 Å². The normalized spacial score (nSPS) is 13.6. The van der Waals surface area contributed by atoms with Gasteiger partial charge in [-0.05, 0) is 35.9 Å². The van der Waals surface area contributed by atoms with Gasteiger partial charge in [0.05, 0.1) is 17.7 Å². The number of halogens is 1. The summed E-state index contributed by atoms with van der Waals surface area (Å²) in [7, 11) is 0. The van der Waals surface area contributed by atoms with Gasteiger partial charge in [0.25, 0.3) is 5.91 Å². The molecule has 0 atom stereocenters. The number of nitrogens with one attached hydrogen (secondary N) is 1. The summed E-state index contributed by atoms with van der Waals surface area (Å²) in [5, 5.41) is 8.85. The topological polar surface area (TPSA) is 91.4 Å². The third-order valence-electron chi connectivity index (χ3n) is 4.28. The van der Waals surface area contributed by atoms with Crippen LogP contribution in [0.5, 0.6) is 0 Å². The van der Waals surface area contributed by atoms with Crippen molar-refractivity contribution in [2.24, 2.45) is 0 Å². The lowest BCUT2D eigenvalue weighted by atomic mass is 10.1. The van der Waals surface area contributed by atoms with Crippen LogP contribution in [0.1, 0.15) is 27.9 Å². The summed E-state index contributed by atoms with van der Waals surface area (Å²) in [6, 6.07) is 13.1. The molecule has 0 spiro atoms. The second-order valence-electron chi connectivity index (χ2n) is 6.13. The number of nitrogen functional groups attached to an aromatic ring is 1. The lowest BCUT2D eigenvalue weighted by Crippen LogP contribution is -2.37. The first-order valence-corrected chi connectivity index (χ1v) is 8.47. The minimum absolute atomic E-state index is 0.0117. The van der Waals surface area contributed by atoms with Gasteiger partial charge in [0.15, 0.2) is 0 Å². The second kappa shape index (κ2) is 8.34. The van der Waals surface area contributed by atoms with Gasteiger partial charge < -0.3 is 10.6 Å². The second-order valence-corrected chi connectivity index (χ2v) is 6.13. The molecule has 7 heteroatoms. The van der Waals surface area contributed by atoms with Gasteiger partial charge in [0.2, 0.25) is 0 Å². The number of carbonyl (C=O) groups is 1. The summed E-state index contributed by atoms with van der Waals surface area (Å²) in [4.78, 5) is 19.7. The fraction of sp³-hybridized carbons (Fsp3) is 0.200. The number of anilines is 1. The number of nitrogens with two attached hydrogens (primary N) is 1. The van der Waals surface area contributed by atoms with Crippen LogP contribution in [0.4, 0.5) is 10.1 Å². The highest BCUT2D eigenvalue weighted by Gasteiger charge is 2.20. The Balaban J connectivity index is 1.52. The number of benzene rings is 2. The molecule has 0 aliphatic carbocycles. The molecule has 0 saturated heterocycles. The molecule has 0 radical (unpaired) electrons. The van der Waals surface area contributed by atoms with Gasteiger partial charge in [-0.25, -0.2) is 4.39 Å². The third kappa shape index (κ3) is 4.43. The quantitative estimate of drug-likeness (QED) is 0.627. The highest BCUT2D eigenvalue weighted by atomic mass is 19.1. The first kappa shape index (κ1) is 18.4. The molecule has 1 aliphatic rings. The molecular weight excluding hydrogens is 347 g/mol. The largest absolute Gasteiger partial charge is 0.398 e. The van der Waals surface area contributed by atoms with Crippen molar-refractivity contribution in [1.29, 1.82) is 5.26 Å². The number of hydrogen-bond donors (Lipinski definition) is 2. The lowest BCUT2D eigenvalue weighted by molar-refractivity contribution is 0.0431. The van der Waals surface area contributed by atoms with E-state index in [1.807, 2.05) is 6.08 Å². The van der Waals surface area contributed by atoms with Crippen LogP contribution in [0.25, 0.3) is 0 Å². The van der Waals surface area contributed by atoms with E-state index in [0.717, 1.165) is 5.70 Å². The maximum Gasteiger partial charge on any atom is 0.256 e. The van der Waals surface area contributed by atoms with Crippen molar-refractivity contribution in [1.82, 2.24) is 10.4 Å². The number of carbonyl (C=O) groups excluding carboxylic acids is 1. The maximum absolute atomic E-state index is 13.3. The van der Waals surface area contributed by atoms with Crippen LogP contribution in [0.2, 0.25) is 0 Å². The molecule has 1 heterocycles. The van der Waals surface area contributed by atoms with E-state index in [2.05, 4.69) is 5.48 Å². The predicted octanol–water partition coefficient (Wildman–Crippen LogP) is 2.73. The van der Waals surface area contributed by atoms with E-state index in [0.29, 0.717) is 36.3 Å². The van der Waals surface area contributed by atoms with E-state index in [1.54, 1.807) is 41.3 Å². The summed E-state index contributed by atoms with van der Waals surface area (Å²) in [6.07, 6.45) is 2.50. The molecule has 0 aromatic heterocycles. The van der Waals surface area contributed by atoms with E-state index in [9.17, 15) is 9.18 Å². The zero-order chi connectivity index (χ0) is 19.2. The molecule has 2 aromatic rings. The summed E-state index contributed by atoms with van der Waals surface area (Å²) in [5.41, 5.74) is 11.2. The Labute approximate surface area is 156 Å². The van der Waals surface area contributed by atoms with Crippen molar-refractivity contribution in [3.05, 3.63) is 76.7 Å². The maximum atomic E-state index is 13.3. The fourth-order valence-corrected chi connectivity index (χ4v) is 2.77. The Hall–Kier alpha value is -3.37. The molecule has 0 bridgehead atoms. The molecular formula is C20H19FN4O2. The number of nitriles is 1. The molecule has 1 aliphatic heterocycles. The van der Waals surface area contributed by atoms with Gasteiger partial charge >= 0.3 is 0 Å². The lowest BCUT2D eigenvalue weighted by Gasteiger charge is -2.27. The minimum atomic E-state index is -0.548. The number of hydrogen-bond acceptors (Lipinski definition) is 5. The molecule has 0 unspecified atom stereocenters. The third-order valence-corrected chi connectivity index (χ3v) is 4.28. The Kier molecular flexibility index (Phi) is 5.69. The number of nitrogens with zero attached hydrogens (tertiary/aromatic N) is 2. The number of para-hydroxylation sites is 1. The van der Waals surface area contributed by atoms with Crippen molar-refractivity contribution in [2.75, 3.05) is 18.8 Å². The summed E-state index contributed by atoms with van der Waals surface area (Å²) < 4.78 is 13.3. The van der Waals surface area contributed by atoms with Crippen molar-refractivity contribution in [2.45, 2.75) is 13.0 Å². The van der Waals surface area contributed by atoms with Crippen LogP contribution < -0.4 is 11.2 Å². The first-order chi connectivity index (χ1) is 13.1. The van der Waals surface area contributed by atoms with Crippen LogP contribution in [0, 0.1) is 17.1 Å². The smallest absolute Gasteiger partial charge is 0.256 e. The molecule has 0 saturated carbocycles. The molecule has 3 rings (SSSR count). The molecule has 1 amide bonds. The summed E-state index contributed by atoms with van der Waals surface area (Å²) in [5.74, 6) is -0.646. The highest BCUT2D eigenvalue weighted by Crippen LogP contribution is 2.17. The van der Waals surface area contributed by atoms with Crippen LogP contribution in [-0.4, -0.2) is 23.9 Å². The van der Waals surface area contributed by atoms with Crippen LogP contribution in [-0.2, 0) is 11.4 Å². The fourth-order valence-electron chi connectivity index (χ4n) is 2.77. The Morgan fingerprint density at radius 2 is 2.15 bits per heavy atom. The predicted molar refractivity (Wildman–Crippen MR) is 98.5 cm³/mol. The van der Waals surface area contributed by atoms with Crippen molar-refractivity contribution in [3.63, 3.8) is 0 Å². The van der Waals surface area contributed by atoms with Gasteiger partial charge in [0.1, 0.15) is 11.9 Å². The Morgan fingerprint density at radius 3 is 2.85 bits per heavy atom. The number of amides is 1. The highest BCUT2D eigenvalue weighted by molar-refractivity contribution is 5.99. The number of hydroxylamine groups is 1. The van der Waals surface area contributed by atoms with E-state index in [-0.39, 0.29) is 18.1 Å². The zero-order valence-corrected chi connectivity index (χ0v) is 14.6. The Morgan fingerprint density at radius 1 is 1.33 bits per heavy atom. The van der Waals surface area contributed by atoms with Crippen LogP contribution in [0.15, 0.2) is 54.2 Å². The molecule has 3 N–H and O–H groups in total.